The summed E-state index contributed by atoms with van der Waals surface area (Å²) in [6, 6.07) is 2.14. The first-order valence-corrected chi connectivity index (χ1v) is 6.48. The van der Waals surface area contributed by atoms with Gasteiger partial charge in [-0.05, 0) is 25.8 Å². The molecule has 0 aromatic carbocycles. The monoisotopic (exact) mass is 270 g/mol. The summed E-state index contributed by atoms with van der Waals surface area (Å²) < 4.78 is 0. The lowest BCUT2D eigenvalue weighted by Crippen LogP contribution is -2.12. The van der Waals surface area contributed by atoms with Crippen LogP contribution in [0.1, 0.15) is 50.3 Å². The zero-order valence-corrected chi connectivity index (χ0v) is 11.5. The van der Waals surface area contributed by atoms with Crippen molar-refractivity contribution in [1.82, 2.24) is 9.97 Å². The average molecular weight is 271 g/mol. The average Bonchev–Trinajstić information content (AvgIpc) is 2.17. The fraction of sp³-hybridized carbons (Fsp3) is 0.667. The summed E-state index contributed by atoms with van der Waals surface area (Å²) in [5, 5.41) is 0. The molecule has 1 rings (SSSR count). The molecule has 0 aliphatic heterocycles. The number of rotatable bonds is 4. The SMILES string of the molecule is CCc1cc(C(CC)C(C)Br)nc(C)n1. The summed E-state index contributed by atoms with van der Waals surface area (Å²) >= 11 is 3.65. The highest BCUT2D eigenvalue weighted by atomic mass is 79.9. The molecule has 0 amide bonds. The van der Waals surface area contributed by atoms with Crippen molar-refractivity contribution in [3.63, 3.8) is 0 Å². The zero-order valence-electron chi connectivity index (χ0n) is 9.92. The zero-order chi connectivity index (χ0) is 11.4. The predicted octanol–water partition coefficient (Wildman–Crippen LogP) is 3.62. The molecule has 0 spiro atoms. The maximum atomic E-state index is 4.53. The highest BCUT2D eigenvalue weighted by Crippen LogP contribution is 2.26. The van der Waals surface area contributed by atoms with Crippen LogP contribution < -0.4 is 0 Å². The Balaban J connectivity index is 3.06. The summed E-state index contributed by atoms with van der Waals surface area (Å²) in [7, 11) is 0. The molecule has 0 aliphatic carbocycles. The minimum Gasteiger partial charge on any atom is -0.238 e. The molecule has 2 nitrogen and oxygen atoms in total. The van der Waals surface area contributed by atoms with E-state index in [9.17, 15) is 0 Å². The smallest absolute Gasteiger partial charge is 0.125 e. The van der Waals surface area contributed by atoms with Gasteiger partial charge in [-0.25, -0.2) is 9.97 Å². The summed E-state index contributed by atoms with van der Waals surface area (Å²) in [5.74, 6) is 1.37. The van der Waals surface area contributed by atoms with Crippen LogP contribution >= 0.6 is 15.9 Å². The molecular formula is C12H19BrN2. The molecule has 1 heterocycles. The summed E-state index contributed by atoms with van der Waals surface area (Å²) in [5.41, 5.74) is 2.32. The lowest BCUT2D eigenvalue weighted by molar-refractivity contribution is 0.635. The van der Waals surface area contributed by atoms with Crippen molar-refractivity contribution in [3.05, 3.63) is 23.3 Å². The van der Waals surface area contributed by atoms with Gasteiger partial charge in [0.1, 0.15) is 5.82 Å². The third kappa shape index (κ3) is 3.26. The second-order valence-electron chi connectivity index (χ2n) is 3.88. The lowest BCUT2D eigenvalue weighted by Gasteiger charge is -2.18. The largest absolute Gasteiger partial charge is 0.238 e. The van der Waals surface area contributed by atoms with E-state index < -0.39 is 0 Å². The fourth-order valence-electron chi connectivity index (χ4n) is 1.80. The Kier molecular flexibility index (Phi) is 4.71. The molecule has 0 radical (unpaired) electrons. The van der Waals surface area contributed by atoms with Crippen LogP contribution in [0.5, 0.6) is 0 Å². The minimum absolute atomic E-state index is 0.460. The molecule has 0 fully saturated rings. The summed E-state index contributed by atoms with van der Waals surface area (Å²) in [4.78, 5) is 9.39. The first-order chi connectivity index (χ1) is 7.08. The van der Waals surface area contributed by atoms with Gasteiger partial charge in [-0.1, -0.05) is 36.7 Å². The van der Waals surface area contributed by atoms with E-state index in [4.69, 9.17) is 0 Å². The van der Waals surface area contributed by atoms with Crippen LogP contribution in [0.2, 0.25) is 0 Å². The molecule has 84 valence electrons. The number of nitrogens with zero attached hydrogens (tertiary/aromatic N) is 2. The number of alkyl halides is 1. The topological polar surface area (TPSA) is 25.8 Å². The van der Waals surface area contributed by atoms with E-state index in [1.807, 2.05) is 6.92 Å². The molecule has 1 aromatic heterocycles. The number of halogens is 1. The first-order valence-electron chi connectivity index (χ1n) is 5.57. The van der Waals surface area contributed by atoms with Gasteiger partial charge in [0.2, 0.25) is 0 Å². The van der Waals surface area contributed by atoms with Gasteiger partial charge in [-0.3, -0.25) is 0 Å². The van der Waals surface area contributed by atoms with Crippen molar-refractivity contribution in [3.8, 4) is 0 Å². The molecule has 3 heteroatoms. The lowest BCUT2D eigenvalue weighted by atomic mass is 9.98. The van der Waals surface area contributed by atoms with Crippen LogP contribution in [0, 0.1) is 6.92 Å². The van der Waals surface area contributed by atoms with Gasteiger partial charge in [0.25, 0.3) is 0 Å². The van der Waals surface area contributed by atoms with E-state index in [1.165, 1.54) is 5.69 Å². The van der Waals surface area contributed by atoms with Gasteiger partial charge < -0.3 is 0 Å². The Labute approximate surface area is 101 Å². The van der Waals surface area contributed by atoms with Gasteiger partial charge in [0, 0.05) is 22.1 Å². The number of aromatic nitrogens is 2. The third-order valence-electron chi connectivity index (χ3n) is 2.65. The second kappa shape index (κ2) is 5.59. The molecule has 0 saturated carbocycles. The Morgan fingerprint density at radius 3 is 2.47 bits per heavy atom. The van der Waals surface area contributed by atoms with Crippen molar-refractivity contribution < 1.29 is 0 Å². The van der Waals surface area contributed by atoms with Gasteiger partial charge in [0.15, 0.2) is 0 Å². The minimum atomic E-state index is 0.460. The van der Waals surface area contributed by atoms with E-state index in [2.05, 4.69) is 52.7 Å². The molecule has 0 aliphatic rings. The normalized spacial score (nSPS) is 15.0. The number of aryl methyl sites for hydroxylation is 2. The first kappa shape index (κ1) is 12.6. The Hall–Kier alpha value is -0.440. The summed E-state index contributed by atoms with van der Waals surface area (Å²) in [6.07, 6.45) is 2.08. The maximum absolute atomic E-state index is 4.53. The van der Waals surface area contributed by atoms with E-state index in [0.717, 1.165) is 24.4 Å². The third-order valence-corrected chi connectivity index (χ3v) is 3.29. The number of hydrogen-bond acceptors (Lipinski definition) is 2. The molecule has 15 heavy (non-hydrogen) atoms. The van der Waals surface area contributed by atoms with Gasteiger partial charge in [0.05, 0.1) is 0 Å². The van der Waals surface area contributed by atoms with Crippen LogP contribution in [0.25, 0.3) is 0 Å². The Bertz CT molecular complexity index is 323. The van der Waals surface area contributed by atoms with Crippen LogP contribution in [0.15, 0.2) is 6.07 Å². The fourth-order valence-corrected chi connectivity index (χ4v) is 2.44. The van der Waals surface area contributed by atoms with Crippen LogP contribution in [0.3, 0.4) is 0 Å². The quantitative estimate of drug-likeness (QED) is 0.781. The molecule has 2 atom stereocenters. The van der Waals surface area contributed by atoms with Crippen molar-refractivity contribution in [2.75, 3.05) is 0 Å². The Morgan fingerprint density at radius 1 is 1.33 bits per heavy atom. The highest BCUT2D eigenvalue weighted by molar-refractivity contribution is 9.09. The Morgan fingerprint density at radius 2 is 2.00 bits per heavy atom. The van der Waals surface area contributed by atoms with Crippen LogP contribution in [0.4, 0.5) is 0 Å². The van der Waals surface area contributed by atoms with Gasteiger partial charge >= 0.3 is 0 Å². The molecule has 2 unspecified atom stereocenters. The van der Waals surface area contributed by atoms with Gasteiger partial charge in [-0.2, -0.15) is 0 Å². The molecule has 1 aromatic rings. The van der Waals surface area contributed by atoms with Crippen molar-refractivity contribution in [2.24, 2.45) is 0 Å². The predicted molar refractivity (Wildman–Crippen MR) is 67.6 cm³/mol. The van der Waals surface area contributed by atoms with E-state index >= 15 is 0 Å². The highest BCUT2D eigenvalue weighted by Gasteiger charge is 2.17. The molecular weight excluding hydrogens is 252 g/mol. The van der Waals surface area contributed by atoms with E-state index in [-0.39, 0.29) is 0 Å². The van der Waals surface area contributed by atoms with E-state index in [1.54, 1.807) is 0 Å². The number of hydrogen-bond donors (Lipinski definition) is 0. The van der Waals surface area contributed by atoms with E-state index in [0.29, 0.717) is 10.7 Å². The van der Waals surface area contributed by atoms with Crippen molar-refractivity contribution in [1.29, 1.82) is 0 Å². The summed E-state index contributed by atoms with van der Waals surface area (Å²) in [6.45, 7) is 8.47. The molecule has 0 saturated heterocycles. The molecule has 0 N–H and O–H groups in total. The van der Waals surface area contributed by atoms with Crippen LogP contribution in [-0.4, -0.2) is 14.8 Å². The maximum Gasteiger partial charge on any atom is 0.125 e. The van der Waals surface area contributed by atoms with Crippen LogP contribution in [-0.2, 0) is 6.42 Å². The van der Waals surface area contributed by atoms with Crippen molar-refractivity contribution in [2.45, 2.75) is 51.3 Å². The van der Waals surface area contributed by atoms with Crippen molar-refractivity contribution >= 4 is 15.9 Å². The molecule has 0 bridgehead atoms. The second-order valence-corrected chi connectivity index (χ2v) is 5.32. The standard InChI is InChI=1S/C12H19BrN2/c1-5-10-7-12(15-9(4)14-10)11(6-2)8(3)13/h7-8,11H,5-6H2,1-4H3. The van der Waals surface area contributed by atoms with Gasteiger partial charge in [-0.15, -0.1) is 0 Å².